The van der Waals surface area contributed by atoms with Crippen LogP contribution in [0.1, 0.15) is 35.6 Å². The molecule has 7 heteroatoms. The molecule has 1 atom stereocenters. The quantitative estimate of drug-likeness (QED) is 0.643. The van der Waals surface area contributed by atoms with Crippen LogP contribution < -0.4 is 14.8 Å². The summed E-state index contributed by atoms with van der Waals surface area (Å²) >= 11 is 0. The Bertz CT molecular complexity index is 892. The van der Waals surface area contributed by atoms with Crippen LogP contribution in [-0.2, 0) is 10.2 Å². The summed E-state index contributed by atoms with van der Waals surface area (Å²) in [7, 11) is 3.26. The molecule has 1 fully saturated rings. The van der Waals surface area contributed by atoms with Gasteiger partial charge in [-0.2, -0.15) is 0 Å². The van der Waals surface area contributed by atoms with E-state index in [1.807, 2.05) is 12.1 Å². The van der Waals surface area contributed by atoms with Crippen LogP contribution in [0, 0.1) is 10.1 Å². The van der Waals surface area contributed by atoms with Crippen molar-refractivity contribution in [3.05, 3.63) is 63.2 Å². The first-order valence-corrected chi connectivity index (χ1v) is 9.40. The highest BCUT2D eigenvalue weighted by Crippen LogP contribution is 2.47. The zero-order valence-corrected chi connectivity index (χ0v) is 16.1. The van der Waals surface area contributed by atoms with Crippen LogP contribution >= 0.6 is 0 Å². The summed E-state index contributed by atoms with van der Waals surface area (Å²) in [6, 6.07) is 10.7. The molecular weight excluding hydrogens is 360 g/mol. The molecule has 2 aromatic rings. The van der Waals surface area contributed by atoms with Crippen LogP contribution in [0.3, 0.4) is 0 Å². The SMILES string of the molecule is COc1cc2c(cc1OC)C1(CCOCC1)CNC2c1cccc([N+](=O)[O-])c1. The molecule has 2 aliphatic rings. The van der Waals surface area contributed by atoms with Gasteiger partial charge in [-0.1, -0.05) is 12.1 Å². The number of rotatable bonds is 4. The van der Waals surface area contributed by atoms with E-state index in [0.717, 1.165) is 43.7 Å². The van der Waals surface area contributed by atoms with Gasteiger partial charge in [0.15, 0.2) is 11.5 Å². The van der Waals surface area contributed by atoms with Gasteiger partial charge in [0.2, 0.25) is 0 Å². The van der Waals surface area contributed by atoms with Crippen molar-refractivity contribution in [3.63, 3.8) is 0 Å². The third-order valence-corrected chi connectivity index (χ3v) is 5.95. The lowest BCUT2D eigenvalue weighted by Crippen LogP contribution is -2.48. The number of nitro groups is 1. The maximum absolute atomic E-state index is 11.2. The summed E-state index contributed by atoms with van der Waals surface area (Å²) in [5, 5.41) is 14.9. The average Bonchev–Trinajstić information content (AvgIpc) is 2.74. The second-order valence-electron chi connectivity index (χ2n) is 7.35. The smallest absolute Gasteiger partial charge is 0.269 e. The molecule has 2 aromatic carbocycles. The summed E-state index contributed by atoms with van der Waals surface area (Å²) in [6.45, 7) is 2.22. The zero-order valence-electron chi connectivity index (χ0n) is 16.1. The maximum atomic E-state index is 11.2. The molecule has 0 amide bonds. The lowest BCUT2D eigenvalue weighted by molar-refractivity contribution is -0.384. The fourth-order valence-electron chi connectivity index (χ4n) is 4.42. The van der Waals surface area contributed by atoms with Crippen LogP contribution in [0.2, 0.25) is 0 Å². The van der Waals surface area contributed by atoms with Gasteiger partial charge in [0, 0.05) is 37.3 Å². The van der Waals surface area contributed by atoms with Gasteiger partial charge < -0.3 is 19.5 Å². The standard InChI is InChI=1S/C21H24N2O5/c1-26-18-11-16-17(12-19(18)27-2)21(6-8-28-9-7-21)13-22-20(16)14-4-3-5-15(10-14)23(24)25/h3-5,10-12,20,22H,6-9,13H2,1-2H3. The minimum atomic E-state index is -0.359. The second kappa shape index (κ2) is 7.41. The van der Waals surface area contributed by atoms with Crippen molar-refractivity contribution in [1.82, 2.24) is 5.32 Å². The Morgan fingerprint density at radius 2 is 1.86 bits per heavy atom. The van der Waals surface area contributed by atoms with E-state index >= 15 is 0 Å². The Hall–Kier alpha value is -2.64. The normalized spacial score (nSPS) is 20.4. The Labute approximate surface area is 163 Å². The molecule has 148 valence electrons. The topological polar surface area (TPSA) is 82.9 Å². The Morgan fingerprint density at radius 3 is 2.54 bits per heavy atom. The number of hydrogen-bond acceptors (Lipinski definition) is 6. The number of fused-ring (bicyclic) bond motifs is 2. The monoisotopic (exact) mass is 384 g/mol. The number of ether oxygens (including phenoxy) is 3. The molecule has 1 N–H and O–H groups in total. The number of benzene rings is 2. The molecular formula is C21H24N2O5. The molecule has 2 aliphatic heterocycles. The van der Waals surface area contributed by atoms with Crippen molar-refractivity contribution in [1.29, 1.82) is 0 Å². The van der Waals surface area contributed by atoms with Gasteiger partial charge in [0.25, 0.3) is 5.69 Å². The van der Waals surface area contributed by atoms with Gasteiger partial charge in [-0.15, -0.1) is 0 Å². The van der Waals surface area contributed by atoms with E-state index in [-0.39, 0.29) is 22.1 Å². The van der Waals surface area contributed by atoms with Crippen LogP contribution in [0.4, 0.5) is 5.69 Å². The Kier molecular flexibility index (Phi) is 4.95. The van der Waals surface area contributed by atoms with E-state index in [2.05, 4.69) is 11.4 Å². The third-order valence-electron chi connectivity index (χ3n) is 5.95. The van der Waals surface area contributed by atoms with E-state index in [1.54, 1.807) is 26.4 Å². The highest BCUT2D eigenvalue weighted by Gasteiger charge is 2.42. The molecule has 0 aromatic heterocycles. The summed E-state index contributed by atoms with van der Waals surface area (Å²) < 4.78 is 16.7. The lowest BCUT2D eigenvalue weighted by atomic mass is 9.68. The molecule has 0 aliphatic carbocycles. The fourth-order valence-corrected chi connectivity index (χ4v) is 4.42. The molecule has 0 bridgehead atoms. The largest absolute Gasteiger partial charge is 0.493 e. The molecule has 1 unspecified atom stereocenters. The highest BCUT2D eigenvalue weighted by atomic mass is 16.6. The molecule has 1 spiro atoms. The van der Waals surface area contributed by atoms with Crippen LogP contribution in [0.5, 0.6) is 11.5 Å². The van der Waals surface area contributed by atoms with Crippen molar-refractivity contribution < 1.29 is 19.1 Å². The first-order chi connectivity index (χ1) is 13.6. The van der Waals surface area contributed by atoms with Gasteiger partial charge in [-0.05, 0) is 41.7 Å². The second-order valence-corrected chi connectivity index (χ2v) is 7.35. The van der Waals surface area contributed by atoms with E-state index in [9.17, 15) is 10.1 Å². The number of non-ortho nitro benzene ring substituents is 1. The molecule has 0 saturated carbocycles. The predicted molar refractivity (Wildman–Crippen MR) is 104 cm³/mol. The molecule has 7 nitrogen and oxygen atoms in total. The summed E-state index contributed by atoms with van der Waals surface area (Å²) in [4.78, 5) is 10.9. The first kappa shape index (κ1) is 18.7. The molecule has 4 rings (SSSR count). The van der Waals surface area contributed by atoms with Gasteiger partial charge in [0.05, 0.1) is 25.2 Å². The minimum absolute atomic E-state index is 0.0374. The van der Waals surface area contributed by atoms with Crippen molar-refractivity contribution >= 4 is 5.69 Å². The number of nitrogens with zero attached hydrogens (tertiary/aromatic N) is 1. The number of hydrogen-bond donors (Lipinski definition) is 1. The zero-order chi connectivity index (χ0) is 19.7. The number of nitrogens with one attached hydrogen (secondary N) is 1. The summed E-state index contributed by atoms with van der Waals surface area (Å²) in [5.41, 5.74) is 3.21. The van der Waals surface area contributed by atoms with Crippen molar-refractivity contribution in [2.75, 3.05) is 34.0 Å². The van der Waals surface area contributed by atoms with Gasteiger partial charge >= 0.3 is 0 Å². The summed E-state index contributed by atoms with van der Waals surface area (Å²) in [5.74, 6) is 1.36. The number of methoxy groups -OCH3 is 2. The Morgan fingerprint density at radius 1 is 1.14 bits per heavy atom. The van der Waals surface area contributed by atoms with E-state index in [0.29, 0.717) is 11.5 Å². The fraction of sp³-hybridized carbons (Fsp3) is 0.429. The average molecular weight is 384 g/mol. The van der Waals surface area contributed by atoms with Crippen LogP contribution in [0.25, 0.3) is 0 Å². The minimum Gasteiger partial charge on any atom is -0.493 e. The van der Waals surface area contributed by atoms with Gasteiger partial charge in [0.1, 0.15) is 0 Å². The first-order valence-electron chi connectivity index (χ1n) is 9.40. The van der Waals surface area contributed by atoms with Gasteiger partial charge in [-0.3, -0.25) is 10.1 Å². The summed E-state index contributed by atoms with van der Waals surface area (Å²) in [6.07, 6.45) is 1.84. The van der Waals surface area contributed by atoms with Crippen LogP contribution in [0.15, 0.2) is 36.4 Å². The van der Waals surface area contributed by atoms with Crippen molar-refractivity contribution in [2.24, 2.45) is 0 Å². The third kappa shape index (κ3) is 3.10. The molecule has 28 heavy (non-hydrogen) atoms. The van der Waals surface area contributed by atoms with E-state index in [4.69, 9.17) is 14.2 Å². The maximum Gasteiger partial charge on any atom is 0.269 e. The van der Waals surface area contributed by atoms with E-state index < -0.39 is 0 Å². The Balaban J connectivity index is 1.86. The van der Waals surface area contributed by atoms with Crippen LogP contribution in [-0.4, -0.2) is 38.9 Å². The molecule has 0 radical (unpaired) electrons. The predicted octanol–water partition coefficient (Wildman–Crippen LogP) is 3.35. The molecule has 1 saturated heterocycles. The number of nitro benzene ring substituents is 1. The van der Waals surface area contributed by atoms with E-state index in [1.165, 1.54) is 11.6 Å². The highest BCUT2D eigenvalue weighted by molar-refractivity contribution is 5.55. The van der Waals surface area contributed by atoms with Crippen molar-refractivity contribution in [3.8, 4) is 11.5 Å². The molecule has 2 heterocycles. The lowest BCUT2D eigenvalue weighted by Gasteiger charge is -2.45. The van der Waals surface area contributed by atoms with Crippen molar-refractivity contribution in [2.45, 2.75) is 24.3 Å². The van der Waals surface area contributed by atoms with Gasteiger partial charge in [-0.25, -0.2) is 0 Å².